The van der Waals surface area contributed by atoms with Gasteiger partial charge >= 0.3 is 18.1 Å². The van der Waals surface area contributed by atoms with E-state index in [-0.39, 0.29) is 6.08 Å². The molecular formula is C12H8F3NO5. The Kier molecular flexibility index (Phi) is 4.69. The summed E-state index contributed by atoms with van der Waals surface area (Å²) in [5, 5.41) is 18.8. The SMILES string of the molecule is O=C(O)/C=C(\NC(=O)c1cccc(C(F)(F)F)c1)C(=O)O. The standard InChI is InChI=1S/C12H8F3NO5/c13-12(14,15)7-3-1-2-6(4-7)10(19)16-8(11(20)21)5-9(17)18/h1-5H,(H,16,19)(H,17,18)(H,20,21)/b8-5-. The van der Waals surface area contributed by atoms with Gasteiger partial charge in [0.15, 0.2) is 0 Å². The van der Waals surface area contributed by atoms with Crippen LogP contribution >= 0.6 is 0 Å². The zero-order chi connectivity index (χ0) is 16.2. The lowest BCUT2D eigenvalue weighted by molar-refractivity contribution is -0.137. The molecular weight excluding hydrogens is 295 g/mol. The molecule has 0 fully saturated rings. The highest BCUT2D eigenvalue weighted by molar-refractivity contribution is 6.03. The largest absolute Gasteiger partial charge is 0.478 e. The molecule has 112 valence electrons. The van der Waals surface area contributed by atoms with E-state index in [1.165, 1.54) is 0 Å². The molecule has 21 heavy (non-hydrogen) atoms. The van der Waals surface area contributed by atoms with Crippen molar-refractivity contribution in [3.05, 3.63) is 47.2 Å². The number of halogens is 3. The van der Waals surface area contributed by atoms with Gasteiger partial charge in [0.05, 0.1) is 11.6 Å². The van der Waals surface area contributed by atoms with Gasteiger partial charge in [-0.1, -0.05) is 6.07 Å². The van der Waals surface area contributed by atoms with Crippen LogP contribution in [0.3, 0.4) is 0 Å². The fourth-order valence-electron chi connectivity index (χ4n) is 1.31. The van der Waals surface area contributed by atoms with Crippen LogP contribution in [0.4, 0.5) is 13.2 Å². The van der Waals surface area contributed by atoms with Crippen molar-refractivity contribution in [3.8, 4) is 0 Å². The molecule has 0 aliphatic rings. The fraction of sp³-hybridized carbons (Fsp3) is 0.0833. The van der Waals surface area contributed by atoms with Gasteiger partial charge in [-0.2, -0.15) is 13.2 Å². The quantitative estimate of drug-likeness (QED) is 0.731. The second-order valence-corrected chi connectivity index (χ2v) is 3.73. The van der Waals surface area contributed by atoms with Gasteiger partial charge in [0.1, 0.15) is 5.70 Å². The Bertz CT molecular complexity index is 622. The van der Waals surface area contributed by atoms with E-state index in [0.717, 1.165) is 18.2 Å². The molecule has 0 unspecified atom stereocenters. The molecule has 1 amide bonds. The third-order valence-electron chi connectivity index (χ3n) is 2.20. The number of carbonyl (C=O) groups excluding carboxylic acids is 1. The van der Waals surface area contributed by atoms with Gasteiger partial charge in [0, 0.05) is 5.56 Å². The zero-order valence-electron chi connectivity index (χ0n) is 10.1. The first-order chi connectivity index (χ1) is 9.61. The average Bonchev–Trinajstić information content (AvgIpc) is 2.36. The average molecular weight is 303 g/mol. The van der Waals surface area contributed by atoms with E-state index in [1.807, 2.05) is 0 Å². The number of amides is 1. The number of alkyl halides is 3. The Morgan fingerprint density at radius 1 is 1.14 bits per heavy atom. The number of benzene rings is 1. The Hall–Kier alpha value is -2.84. The van der Waals surface area contributed by atoms with E-state index in [2.05, 4.69) is 0 Å². The number of rotatable bonds is 4. The van der Waals surface area contributed by atoms with Crippen molar-refractivity contribution in [1.82, 2.24) is 5.32 Å². The third-order valence-corrected chi connectivity index (χ3v) is 2.20. The predicted molar refractivity (Wildman–Crippen MR) is 62.3 cm³/mol. The Morgan fingerprint density at radius 3 is 2.24 bits per heavy atom. The van der Waals surface area contributed by atoms with Gasteiger partial charge in [0.25, 0.3) is 5.91 Å². The lowest BCUT2D eigenvalue weighted by Crippen LogP contribution is -2.28. The molecule has 6 nitrogen and oxygen atoms in total. The van der Waals surface area contributed by atoms with E-state index in [0.29, 0.717) is 6.07 Å². The molecule has 0 saturated carbocycles. The zero-order valence-corrected chi connectivity index (χ0v) is 10.1. The minimum atomic E-state index is -4.66. The molecule has 9 heteroatoms. The van der Waals surface area contributed by atoms with E-state index in [1.54, 1.807) is 5.32 Å². The van der Waals surface area contributed by atoms with Crippen LogP contribution in [0, 0.1) is 0 Å². The van der Waals surface area contributed by atoms with Crippen molar-refractivity contribution in [2.75, 3.05) is 0 Å². The molecule has 0 aliphatic carbocycles. The van der Waals surface area contributed by atoms with Crippen molar-refractivity contribution < 1.29 is 37.8 Å². The number of carboxylic acids is 2. The summed E-state index contributed by atoms with van der Waals surface area (Å²) in [5.41, 5.74) is -2.51. The van der Waals surface area contributed by atoms with Crippen LogP contribution in [0.25, 0.3) is 0 Å². The van der Waals surface area contributed by atoms with E-state index >= 15 is 0 Å². The van der Waals surface area contributed by atoms with Crippen molar-refractivity contribution in [2.24, 2.45) is 0 Å². The number of carboxylic acid groups (broad SMARTS) is 2. The molecule has 0 heterocycles. The number of hydrogen-bond acceptors (Lipinski definition) is 3. The molecule has 0 radical (unpaired) electrons. The second kappa shape index (κ2) is 6.07. The molecule has 0 spiro atoms. The highest BCUT2D eigenvalue weighted by Gasteiger charge is 2.31. The minimum Gasteiger partial charge on any atom is -0.478 e. The monoisotopic (exact) mass is 303 g/mol. The first kappa shape index (κ1) is 16.2. The topological polar surface area (TPSA) is 104 Å². The van der Waals surface area contributed by atoms with Crippen molar-refractivity contribution in [1.29, 1.82) is 0 Å². The lowest BCUT2D eigenvalue weighted by atomic mass is 10.1. The second-order valence-electron chi connectivity index (χ2n) is 3.73. The number of hydrogen-bond donors (Lipinski definition) is 3. The summed E-state index contributed by atoms with van der Waals surface area (Å²) in [7, 11) is 0. The lowest BCUT2D eigenvalue weighted by Gasteiger charge is -2.09. The van der Waals surface area contributed by atoms with Crippen molar-refractivity contribution >= 4 is 17.8 Å². The van der Waals surface area contributed by atoms with Gasteiger partial charge in [-0.15, -0.1) is 0 Å². The third kappa shape index (κ3) is 4.64. The minimum absolute atomic E-state index is 0.216. The van der Waals surface area contributed by atoms with E-state index in [4.69, 9.17) is 10.2 Å². The molecule has 0 saturated heterocycles. The number of carbonyl (C=O) groups is 3. The smallest absolute Gasteiger partial charge is 0.416 e. The summed E-state index contributed by atoms with van der Waals surface area (Å²) in [6.45, 7) is 0. The van der Waals surface area contributed by atoms with Gasteiger partial charge < -0.3 is 15.5 Å². The molecule has 3 N–H and O–H groups in total. The van der Waals surface area contributed by atoms with Crippen LogP contribution < -0.4 is 5.32 Å². The summed E-state index contributed by atoms with van der Waals surface area (Å²) < 4.78 is 37.4. The Labute approximate surface area is 115 Å². The summed E-state index contributed by atoms with van der Waals surface area (Å²) in [5.74, 6) is -4.54. The first-order valence-corrected chi connectivity index (χ1v) is 5.28. The van der Waals surface area contributed by atoms with Crippen LogP contribution in [-0.2, 0) is 15.8 Å². The Morgan fingerprint density at radius 2 is 1.76 bits per heavy atom. The summed E-state index contributed by atoms with van der Waals surface area (Å²) >= 11 is 0. The van der Waals surface area contributed by atoms with Crippen molar-refractivity contribution in [2.45, 2.75) is 6.18 Å². The van der Waals surface area contributed by atoms with Gasteiger partial charge in [-0.25, -0.2) is 9.59 Å². The molecule has 0 aromatic heterocycles. The fourth-order valence-corrected chi connectivity index (χ4v) is 1.31. The van der Waals surface area contributed by atoms with Crippen LogP contribution in [0.15, 0.2) is 36.0 Å². The maximum atomic E-state index is 12.5. The maximum Gasteiger partial charge on any atom is 0.416 e. The number of aliphatic carboxylic acids is 2. The highest BCUT2D eigenvalue weighted by Crippen LogP contribution is 2.29. The maximum absolute atomic E-state index is 12.5. The van der Waals surface area contributed by atoms with E-state index in [9.17, 15) is 27.6 Å². The predicted octanol–water partition coefficient (Wildman–Crippen LogP) is 1.49. The van der Waals surface area contributed by atoms with Gasteiger partial charge in [-0.3, -0.25) is 4.79 Å². The Balaban J connectivity index is 3.04. The molecule has 0 aliphatic heterocycles. The normalized spacial score (nSPS) is 11.9. The highest BCUT2D eigenvalue weighted by atomic mass is 19.4. The summed E-state index contributed by atoms with van der Waals surface area (Å²) in [6.07, 6.45) is -4.45. The van der Waals surface area contributed by atoms with Crippen LogP contribution in [0.1, 0.15) is 15.9 Å². The molecule has 1 aromatic rings. The van der Waals surface area contributed by atoms with Crippen LogP contribution in [0.2, 0.25) is 0 Å². The molecule has 0 atom stereocenters. The molecule has 1 aromatic carbocycles. The van der Waals surface area contributed by atoms with Gasteiger partial charge in [0.2, 0.25) is 0 Å². The van der Waals surface area contributed by atoms with Crippen LogP contribution in [0.5, 0.6) is 0 Å². The molecule has 0 bridgehead atoms. The first-order valence-electron chi connectivity index (χ1n) is 5.28. The van der Waals surface area contributed by atoms with Crippen molar-refractivity contribution in [3.63, 3.8) is 0 Å². The summed E-state index contributed by atoms with van der Waals surface area (Å²) in [4.78, 5) is 32.7. The van der Waals surface area contributed by atoms with E-state index < -0.39 is 40.8 Å². The molecule has 1 rings (SSSR count). The number of nitrogens with one attached hydrogen (secondary N) is 1. The van der Waals surface area contributed by atoms with Crippen LogP contribution in [-0.4, -0.2) is 28.1 Å². The summed E-state index contributed by atoms with van der Waals surface area (Å²) in [6, 6.07) is 3.27. The van der Waals surface area contributed by atoms with Gasteiger partial charge in [-0.05, 0) is 18.2 Å².